The molecule has 0 aliphatic carbocycles. The maximum Gasteiger partial charge on any atom is 0.321 e. The van der Waals surface area contributed by atoms with Crippen LogP contribution >= 0.6 is 0 Å². The summed E-state index contributed by atoms with van der Waals surface area (Å²) < 4.78 is 2.04. The molecule has 1 heterocycles. The first kappa shape index (κ1) is 15.4. The number of nitrogens with one attached hydrogen (secondary N) is 1. The Labute approximate surface area is 126 Å². The van der Waals surface area contributed by atoms with E-state index >= 15 is 0 Å². The molecule has 0 bridgehead atoms. The Morgan fingerprint density at radius 1 is 1.29 bits per heavy atom. The van der Waals surface area contributed by atoms with Gasteiger partial charge >= 0.3 is 6.03 Å². The summed E-state index contributed by atoms with van der Waals surface area (Å²) in [6, 6.07) is 5.81. The lowest BCUT2D eigenvalue weighted by molar-refractivity contribution is 0.211. The van der Waals surface area contributed by atoms with Crippen LogP contribution in [0.15, 0.2) is 18.2 Å². The van der Waals surface area contributed by atoms with E-state index in [2.05, 4.69) is 24.1 Å². The Morgan fingerprint density at radius 3 is 2.57 bits per heavy atom. The number of aromatic nitrogens is 2. The molecule has 5 nitrogen and oxygen atoms in total. The van der Waals surface area contributed by atoms with Crippen molar-refractivity contribution in [3.63, 3.8) is 0 Å². The van der Waals surface area contributed by atoms with Crippen molar-refractivity contribution in [1.82, 2.24) is 14.5 Å². The largest absolute Gasteiger partial charge is 0.331 e. The van der Waals surface area contributed by atoms with E-state index in [9.17, 15) is 4.79 Å². The second kappa shape index (κ2) is 6.61. The summed E-state index contributed by atoms with van der Waals surface area (Å²) in [4.78, 5) is 18.6. The second-order valence-corrected chi connectivity index (χ2v) is 5.34. The predicted octanol–water partition coefficient (Wildman–Crippen LogP) is 3.54. The molecule has 0 saturated carbocycles. The van der Waals surface area contributed by atoms with Gasteiger partial charge in [0.25, 0.3) is 0 Å². The number of imidazole rings is 1. The van der Waals surface area contributed by atoms with Crippen LogP contribution in [0.25, 0.3) is 11.0 Å². The van der Waals surface area contributed by atoms with Gasteiger partial charge in [-0.05, 0) is 38.0 Å². The number of nitrogens with zero attached hydrogens (tertiary/aromatic N) is 3. The van der Waals surface area contributed by atoms with Gasteiger partial charge in [-0.15, -0.1) is 0 Å². The lowest BCUT2D eigenvalue weighted by Crippen LogP contribution is -2.36. The monoisotopic (exact) mass is 288 g/mol. The summed E-state index contributed by atoms with van der Waals surface area (Å²) in [5.41, 5.74) is 2.78. The van der Waals surface area contributed by atoms with Gasteiger partial charge < -0.3 is 14.8 Å². The molecule has 1 aromatic heterocycles. The van der Waals surface area contributed by atoms with E-state index in [-0.39, 0.29) is 6.03 Å². The van der Waals surface area contributed by atoms with Gasteiger partial charge in [-0.3, -0.25) is 0 Å². The minimum absolute atomic E-state index is 0.0364. The van der Waals surface area contributed by atoms with Crippen molar-refractivity contribution in [2.45, 2.75) is 33.6 Å². The van der Waals surface area contributed by atoms with Crippen LogP contribution in [0.4, 0.5) is 10.5 Å². The van der Waals surface area contributed by atoms with Gasteiger partial charge in [-0.25, -0.2) is 9.78 Å². The third kappa shape index (κ3) is 3.35. The van der Waals surface area contributed by atoms with Crippen LogP contribution in [-0.2, 0) is 7.05 Å². The van der Waals surface area contributed by atoms with Crippen molar-refractivity contribution >= 4 is 22.8 Å². The van der Waals surface area contributed by atoms with E-state index in [1.165, 1.54) is 0 Å². The Kier molecular flexibility index (Phi) is 4.83. The molecule has 0 fully saturated rings. The van der Waals surface area contributed by atoms with Gasteiger partial charge in [-0.2, -0.15) is 0 Å². The number of hydrogen-bond donors (Lipinski definition) is 1. The van der Waals surface area contributed by atoms with Crippen molar-refractivity contribution in [3.05, 3.63) is 24.0 Å². The molecule has 0 unspecified atom stereocenters. The molecular formula is C16H24N4O. The first-order chi connectivity index (χ1) is 10.1. The number of carbonyl (C=O) groups is 1. The minimum atomic E-state index is -0.0364. The number of urea groups is 1. The second-order valence-electron chi connectivity index (χ2n) is 5.34. The Morgan fingerprint density at radius 2 is 1.95 bits per heavy atom. The normalized spacial score (nSPS) is 10.9. The van der Waals surface area contributed by atoms with Gasteiger partial charge in [0.15, 0.2) is 0 Å². The topological polar surface area (TPSA) is 50.2 Å². The number of amides is 2. The van der Waals surface area contributed by atoms with Gasteiger partial charge in [0.2, 0.25) is 0 Å². The molecule has 0 atom stereocenters. The molecule has 0 spiro atoms. The van der Waals surface area contributed by atoms with Crippen molar-refractivity contribution in [1.29, 1.82) is 0 Å². The molecule has 1 N–H and O–H groups in total. The number of hydrogen-bond acceptors (Lipinski definition) is 2. The third-order valence-corrected chi connectivity index (χ3v) is 3.63. The van der Waals surface area contributed by atoms with Gasteiger partial charge in [0.05, 0.1) is 11.0 Å². The summed E-state index contributed by atoms with van der Waals surface area (Å²) in [6.45, 7) is 7.70. The average molecular weight is 288 g/mol. The molecule has 5 heteroatoms. The quantitative estimate of drug-likeness (QED) is 0.915. The first-order valence-corrected chi connectivity index (χ1v) is 7.55. The molecule has 114 valence electrons. The first-order valence-electron chi connectivity index (χ1n) is 7.55. The molecule has 1 aromatic carbocycles. The smallest absolute Gasteiger partial charge is 0.321 e. The zero-order valence-electron chi connectivity index (χ0n) is 13.3. The highest BCUT2D eigenvalue weighted by Crippen LogP contribution is 2.19. The van der Waals surface area contributed by atoms with Crippen LogP contribution in [-0.4, -0.2) is 33.6 Å². The van der Waals surface area contributed by atoms with Crippen LogP contribution in [0.3, 0.4) is 0 Å². The van der Waals surface area contributed by atoms with Gasteiger partial charge in [-0.1, -0.05) is 13.8 Å². The zero-order valence-corrected chi connectivity index (χ0v) is 13.3. The van der Waals surface area contributed by atoms with E-state index in [0.29, 0.717) is 0 Å². The summed E-state index contributed by atoms with van der Waals surface area (Å²) in [5, 5.41) is 2.97. The minimum Gasteiger partial charge on any atom is -0.331 e. The zero-order chi connectivity index (χ0) is 15.4. The fourth-order valence-corrected chi connectivity index (χ4v) is 2.46. The van der Waals surface area contributed by atoms with Crippen LogP contribution in [0, 0.1) is 6.92 Å². The fraction of sp³-hybridized carbons (Fsp3) is 0.500. The number of rotatable bonds is 5. The molecule has 21 heavy (non-hydrogen) atoms. The number of benzene rings is 1. The van der Waals surface area contributed by atoms with Gasteiger partial charge in [0, 0.05) is 25.8 Å². The van der Waals surface area contributed by atoms with E-state index < -0.39 is 0 Å². The number of carbonyl (C=O) groups excluding carboxylic acids is 1. The third-order valence-electron chi connectivity index (χ3n) is 3.63. The number of fused-ring (bicyclic) bond motifs is 1. The SMILES string of the molecule is CCCN(CCC)C(=O)Nc1ccc2c(c1)nc(C)n2C. The number of aryl methyl sites for hydroxylation is 2. The van der Waals surface area contributed by atoms with Crippen LogP contribution in [0.2, 0.25) is 0 Å². The molecule has 0 saturated heterocycles. The van der Waals surface area contributed by atoms with E-state index in [1.807, 2.05) is 41.6 Å². The lowest BCUT2D eigenvalue weighted by atomic mass is 10.2. The fourth-order valence-electron chi connectivity index (χ4n) is 2.46. The Hall–Kier alpha value is -2.04. The lowest BCUT2D eigenvalue weighted by Gasteiger charge is -2.21. The van der Waals surface area contributed by atoms with E-state index in [1.54, 1.807) is 0 Å². The highest BCUT2D eigenvalue weighted by Gasteiger charge is 2.12. The highest BCUT2D eigenvalue weighted by molar-refractivity contribution is 5.92. The maximum atomic E-state index is 12.3. The Balaban J connectivity index is 2.16. The molecule has 0 aliphatic rings. The molecular weight excluding hydrogens is 264 g/mol. The molecule has 0 radical (unpaired) electrons. The molecule has 0 aliphatic heterocycles. The molecule has 2 aromatic rings. The van der Waals surface area contributed by atoms with Crippen LogP contribution in [0.1, 0.15) is 32.5 Å². The predicted molar refractivity (Wildman–Crippen MR) is 86.6 cm³/mol. The summed E-state index contributed by atoms with van der Waals surface area (Å²) in [7, 11) is 1.99. The van der Waals surface area contributed by atoms with Crippen molar-refractivity contribution in [2.75, 3.05) is 18.4 Å². The standard InChI is InChI=1S/C16H24N4O/c1-5-9-20(10-6-2)16(21)18-13-7-8-15-14(11-13)17-12(3)19(15)4/h7-8,11H,5-6,9-10H2,1-4H3,(H,18,21). The number of anilines is 1. The van der Waals surface area contributed by atoms with Crippen LogP contribution < -0.4 is 5.32 Å². The maximum absolute atomic E-state index is 12.3. The molecule has 2 rings (SSSR count). The van der Waals surface area contributed by atoms with Crippen molar-refractivity contribution in [2.24, 2.45) is 7.05 Å². The summed E-state index contributed by atoms with van der Waals surface area (Å²) >= 11 is 0. The Bertz CT molecular complexity index is 626. The van der Waals surface area contributed by atoms with Crippen molar-refractivity contribution in [3.8, 4) is 0 Å². The summed E-state index contributed by atoms with van der Waals surface area (Å²) in [6.07, 6.45) is 1.93. The van der Waals surface area contributed by atoms with Gasteiger partial charge in [0.1, 0.15) is 5.82 Å². The summed E-state index contributed by atoms with van der Waals surface area (Å²) in [5.74, 6) is 0.965. The van der Waals surface area contributed by atoms with E-state index in [4.69, 9.17) is 0 Å². The average Bonchev–Trinajstić information content (AvgIpc) is 2.73. The van der Waals surface area contributed by atoms with Crippen molar-refractivity contribution < 1.29 is 4.79 Å². The highest BCUT2D eigenvalue weighted by atomic mass is 16.2. The van der Waals surface area contributed by atoms with E-state index in [0.717, 1.165) is 48.5 Å². The van der Waals surface area contributed by atoms with Crippen LogP contribution in [0.5, 0.6) is 0 Å². The molecule has 2 amide bonds.